The van der Waals surface area contributed by atoms with Crippen LogP contribution in [0.2, 0.25) is 0 Å². The molecule has 4 heterocycles. The van der Waals surface area contributed by atoms with E-state index in [1.807, 2.05) is 19.9 Å². The number of hydrogen-bond donors (Lipinski definition) is 3. The van der Waals surface area contributed by atoms with Crippen molar-refractivity contribution >= 4 is 35.1 Å². The highest BCUT2D eigenvalue weighted by atomic mass is 32.1. The van der Waals surface area contributed by atoms with Crippen LogP contribution in [0.3, 0.4) is 0 Å². The van der Waals surface area contributed by atoms with Crippen molar-refractivity contribution in [3.63, 3.8) is 0 Å². The third-order valence-corrected chi connectivity index (χ3v) is 7.62. The molecular formula is C28H33N5S. The number of aryl methyl sites for hydroxylation is 1. The lowest BCUT2D eigenvalue weighted by Crippen LogP contribution is -2.28. The van der Waals surface area contributed by atoms with Crippen molar-refractivity contribution < 1.29 is 0 Å². The Hall–Kier alpha value is -3.22. The van der Waals surface area contributed by atoms with Gasteiger partial charge in [0, 0.05) is 26.2 Å². The molecule has 0 aliphatic carbocycles. The van der Waals surface area contributed by atoms with Gasteiger partial charge in [0.05, 0.1) is 11.0 Å². The standard InChI is InChI=1S/C28H33N5S/c1-7-8-22(25-12-11-24(34-25)17(2)3)27-20(6)30-28(31-27)26-19(5)23(32-33-26)10-9-18(4)21-13-15-29-16-14-21/h7-12,21,29,32H,1-2,5,13-16H2,3-4,6H3,(H,30,31)/b18-9+,22-8-,23-10+. The topological polar surface area (TPSA) is 69.4 Å². The summed E-state index contributed by atoms with van der Waals surface area (Å²) in [5.41, 5.74) is 6.08. The fourth-order valence-electron chi connectivity index (χ4n) is 4.28. The molecule has 3 aromatic heterocycles. The number of allylic oxidation sites excluding steroid dienone is 5. The second-order valence-corrected chi connectivity index (χ2v) is 9.97. The average Bonchev–Trinajstić information content (AvgIpc) is 3.55. The number of hydrogen-bond acceptors (Lipinski definition) is 4. The first-order valence-corrected chi connectivity index (χ1v) is 12.5. The highest BCUT2D eigenvalue weighted by molar-refractivity contribution is 7.14. The molecule has 1 aliphatic rings. The molecule has 3 N–H and O–H groups in total. The minimum Gasteiger partial charge on any atom is -0.340 e. The van der Waals surface area contributed by atoms with Crippen molar-refractivity contribution in [1.29, 1.82) is 0 Å². The zero-order chi connectivity index (χ0) is 24.2. The maximum absolute atomic E-state index is 4.93. The molecule has 1 aliphatic heterocycles. The molecule has 4 rings (SSSR count). The van der Waals surface area contributed by atoms with Crippen LogP contribution >= 0.6 is 11.3 Å². The van der Waals surface area contributed by atoms with E-state index in [1.165, 1.54) is 23.3 Å². The molecule has 0 amide bonds. The van der Waals surface area contributed by atoms with E-state index in [9.17, 15) is 0 Å². The van der Waals surface area contributed by atoms with Gasteiger partial charge in [-0.15, -0.1) is 11.3 Å². The molecule has 0 aromatic carbocycles. The number of piperidine rings is 1. The van der Waals surface area contributed by atoms with E-state index in [2.05, 4.69) is 71.4 Å². The molecule has 0 spiro atoms. The van der Waals surface area contributed by atoms with E-state index in [4.69, 9.17) is 4.98 Å². The van der Waals surface area contributed by atoms with Crippen molar-refractivity contribution in [3.8, 4) is 11.5 Å². The molecule has 6 heteroatoms. The van der Waals surface area contributed by atoms with Gasteiger partial charge in [-0.3, -0.25) is 5.10 Å². The summed E-state index contributed by atoms with van der Waals surface area (Å²) < 4.78 is 0. The Morgan fingerprint density at radius 2 is 1.88 bits per heavy atom. The van der Waals surface area contributed by atoms with Crippen LogP contribution in [0, 0.1) is 12.8 Å². The zero-order valence-corrected chi connectivity index (χ0v) is 21.1. The van der Waals surface area contributed by atoms with Crippen LogP contribution in [0.4, 0.5) is 0 Å². The Bertz CT molecular complexity index is 1370. The third kappa shape index (κ3) is 4.98. The zero-order valence-electron chi connectivity index (χ0n) is 20.3. The Morgan fingerprint density at radius 1 is 1.15 bits per heavy atom. The lowest BCUT2D eigenvalue weighted by atomic mass is 9.91. The first-order chi connectivity index (χ1) is 16.4. The highest BCUT2D eigenvalue weighted by Crippen LogP contribution is 2.33. The van der Waals surface area contributed by atoms with Crippen LogP contribution in [0.15, 0.2) is 49.1 Å². The molecule has 1 fully saturated rings. The van der Waals surface area contributed by atoms with Crippen LogP contribution in [-0.2, 0) is 0 Å². The van der Waals surface area contributed by atoms with Crippen molar-refractivity contribution in [2.24, 2.45) is 5.92 Å². The van der Waals surface area contributed by atoms with Gasteiger partial charge in [-0.2, -0.15) is 5.10 Å². The van der Waals surface area contributed by atoms with Crippen LogP contribution in [0.5, 0.6) is 0 Å². The van der Waals surface area contributed by atoms with Crippen LogP contribution < -0.4 is 15.9 Å². The van der Waals surface area contributed by atoms with E-state index in [-0.39, 0.29) is 0 Å². The second-order valence-electron chi connectivity index (χ2n) is 8.89. The summed E-state index contributed by atoms with van der Waals surface area (Å²) in [5, 5.41) is 12.8. The molecule has 176 valence electrons. The van der Waals surface area contributed by atoms with Crippen LogP contribution in [-0.4, -0.2) is 33.3 Å². The highest BCUT2D eigenvalue weighted by Gasteiger charge is 2.18. The predicted octanol–water partition coefficient (Wildman–Crippen LogP) is 4.96. The second kappa shape index (κ2) is 10.4. The van der Waals surface area contributed by atoms with Crippen molar-refractivity contribution in [1.82, 2.24) is 25.5 Å². The molecule has 3 aromatic rings. The first kappa shape index (κ1) is 23.9. The first-order valence-electron chi connectivity index (χ1n) is 11.7. The maximum atomic E-state index is 4.93. The van der Waals surface area contributed by atoms with Crippen molar-refractivity contribution in [2.45, 2.75) is 33.6 Å². The minimum absolute atomic E-state index is 0.640. The number of imidazole rings is 1. The maximum Gasteiger partial charge on any atom is 0.159 e. The third-order valence-electron chi connectivity index (χ3n) is 6.34. The number of H-pyrrole nitrogens is 2. The number of thiophene rings is 1. The van der Waals surface area contributed by atoms with Gasteiger partial charge in [-0.25, -0.2) is 4.98 Å². The molecule has 1 saturated heterocycles. The molecule has 0 atom stereocenters. The number of rotatable bonds is 7. The van der Waals surface area contributed by atoms with Gasteiger partial charge in [0.25, 0.3) is 0 Å². The van der Waals surface area contributed by atoms with Gasteiger partial charge in [0.15, 0.2) is 5.82 Å². The SMILES string of the molecule is C=C/C=C(/c1ccc(C(=C)C)s1)c1nc(-c2n[nH]/c(=C/C=C(\C)C3CCNCC3)c2=C)[nH]c1C. The summed E-state index contributed by atoms with van der Waals surface area (Å²) >= 11 is 1.71. The van der Waals surface area contributed by atoms with Crippen LogP contribution in [0.25, 0.3) is 35.3 Å². The Balaban J connectivity index is 1.66. The number of aromatic amines is 2. The Morgan fingerprint density at radius 3 is 2.56 bits per heavy atom. The summed E-state index contributed by atoms with van der Waals surface area (Å²) in [6, 6.07) is 4.22. The van der Waals surface area contributed by atoms with Gasteiger partial charge >= 0.3 is 0 Å². The summed E-state index contributed by atoms with van der Waals surface area (Å²) in [6.07, 6.45) is 10.5. The predicted molar refractivity (Wildman–Crippen MR) is 146 cm³/mol. The number of nitrogens with one attached hydrogen (secondary N) is 3. The fourth-order valence-corrected chi connectivity index (χ4v) is 5.24. The fraction of sp³-hybridized carbons (Fsp3) is 0.286. The minimum atomic E-state index is 0.640. The largest absolute Gasteiger partial charge is 0.340 e. The van der Waals surface area contributed by atoms with E-state index in [0.717, 1.165) is 56.8 Å². The Labute approximate surface area is 205 Å². The van der Waals surface area contributed by atoms with E-state index < -0.39 is 0 Å². The van der Waals surface area contributed by atoms with Gasteiger partial charge in [-0.05, 0) is 76.4 Å². The summed E-state index contributed by atoms with van der Waals surface area (Å²) in [6.45, 7) is 20.7. The van der Waals surface area contributed by atoms with Crippen molar-refractivity contribution in [3.05, 3.63) is 80.8 Å². The molecule has 0 radical (unpaired) electrons. The smallest absolute Gasteiger partial charge is 0.159 e. The molecular weight excluding hydrogens is 438 g/mol. The van der Waals surface area contributed by atoms with Crippen LogP contribution in [0.1, 0.15) is 47.8 Å². The normalized spacial score (nSPS) is 16.3. The van der Waals surface area contributed by atoms with E-state index in [0.29, 0.717) is 11.7 Å². The summed E-state index contributed by atoms with van der Waals surface area (Å²) in [5.74, 6) is 1.35. The summed E-state index contributed by atoms with van der Waals surface area (Å²) in [7, 11) is 0. The Kier molecular flexibility index (Phi) is 7.29. The van der Waals surface area contributed by atoms with E-state index in [1.54, 1.807) is 17.4 Å². The monoisotopic (exact) mass is 471 g/mol. The quantitative estimate of drug-likeness (QED) is 0.427. The summed E-state index contributed by atoms with van der Waals surface area (Å²) in [4.78, 5) is 10.6. The molecule has 0 bridgehead atoms. The van der Waals surface area contributed by atoms with Gasteiger partial charge in [0.1, 0.15) is 5.69 Å². The lowest BCUT2D eigenvalue weighted by Gasteiger charge is -2.23. The number of aromatic nitrogens is 4. The number of nitrogens with zero attached hydrogens (tertiary/aromatic N) is 2. The van der Waals surface area contributed by atoms with E-state index >= 15 is 0 Å². The van der Waals surface area contributed by atoms with Gasteiger partial charge in [0.2, 0.25) is 0 Å². The van der Waals surface area contributed by atoms with Gasteiger partial charge in [-0.1, -0.05) is 43.5 Å². The molecule has 0 saturated carbocycles. The average molecular weight is 472 g/mol. The van der Waals surface area contributed by atoms with Gasteiger partial charge < -0.3 is 10.3 Å². The molecule has 5 nitrogen and oxygen atoms in total. The molecule has 0 unspecified atom stereocenters. The molecule has 34 heavy (non-hydrogen) atoms. The lowest BCUT2D eigenvalue weighted by molar-refractivity contribution is 0.420. The van der Waals surface area contributed by atoms with Crippen molar-refractivity contribution in [2.75, 3.05) is 13.1 Å².